The van der Waals surface area contributed by atoms with E-state index in [0.29, 0.717) is 0 Å². The molecule has 0 N–H and O–H groups in total. The third-order valence-electron chi connectivity index (χ3n) is 3.45. The number of rotatable bonds is 4. The van der Waals surface area contributed by atoms with E-state index >= 15 is 0 Å². The van der Waals surface area contributed by atoms with Gasteiger partial charge in [-0.25, -0.2) is 0 Å². The van der Waals surface area contributed by atoms with Gasteiger partial charge in [0.05, 0.1) is 0 Å². The van der Waals surface area contributed by atoms with Crippen LogP contribution in [0.25, 0.3) is 0 Å². The molecule has 0 atom stereocenters. The Kier molecular flexibility index (Phi) is 3.71. The van der Waals surface area contributed by atoms with Gasteiger partial charge in [0.15, 0.2) is 0 Å². The Hall–Kier alpha value is -1.35. The molecule has 1 aromatic heterocycles. The Labute approximate surface area is 112 Å². The molecule has 2 nitrogen and oxygen atoms in total. The maximum Gasteiger partial charge on any atom is 0.307 e. The predicted molar refractivity (Wildman–Crippen MR) is 77.4 cm³/mol. The average molecular weight is 261 g/mol. The molecule has 3 heteroatoms. The SMILES string of the molecule is Cc1ccc(C(C)(C)CCn2ccsc2=O)cc1. The zero-order chi connectivity index (χ0) is 13.2. The molecule has 0 amide bonds. The van der Waals surface area contributed by atoms with Crippen LogP contribution in [0, 0.1) is 6.92 Å². The van der Waals surface area contributed by atoms with Crippen LogP contribution in [-0.4, -0.2) is 4.57 Å². The molecule has 2 aromatic rings. The summed E-state index contributed by atoms with van der Waals surface area (Å²) in [5, 5.41) is 1.85. The summed E-state index contributed by atoms with van der Waals surface area (Å²) in [5.74, 6) is 0. The molecule has 0 radical (unpaired) electrons. The standard InChI is InChI=1S/C15H19NOS/c1-12-4-6-13(7-5-12)15(2,3)8-9-16-10-11-18-14(16)17/h4-7,10-11H,8-9H2,1-3H3. The van der Waals surface area contributed by atoms with Crippen molar-refractivity contribution in [3.8, 4) is 0 Å². The van der Waals surface area contributed by atoms with E-state index in [4.69, 9.17) is 0 Å². The lowest BCUT2D eigenvalue weighted by Crippen LogP contribution is -2.22. The van der Waals surface area contributed by atoms with Gasteiger partial charge in [0.2, 0.25) is 0 Å². The van der Waals surface area contributed by atoms with Crippen LogP contribution in [0.5, 0.6) is 0 Å². The van der Waals surface area contributed by atoms with Gasteiger partial charge in [-0.2, -0.15) is 0 Å². The van der Waals surface area contributed by atoms with Gasteiger partial charge in [-0.3, -0.25) is 4.79 Å². The lowest BCUT2D eigenvalue weighted by atomic mass is 9.81. The van der Waals surface area contributed by atoms with Crippen molar-refractivity contribution in [3.05, 3.63) is 56.6 Å². The van der Waals surface area contributed by atoms with Crippen molar-refractivity contribution in [2.45, 2.75) is 39.2 Å². The van der Waals surface area contributed by atoms with Crippen LogP contribution >= 0.6 is 11.3 Å². The molecule has 0 saturated heterocycles. The number of aryl methyl sites for hydroxylation is 2. The summed E-state index contributed by atoms with van der Waals surface area (Å²) in [4.78, 5) is 11.6. The van der Waals surface area contributed by atoms with Gasteiger partial charge >= 0.3 is 4.87 Å². The summed E-state index contributed by atoms with van der Waals surface area (Å²) in [6, 6.07) is 8.67. The molecule has 1 aromatic carbocycles. The Morgan fingerprint density at radius 2 is 1.89 bits per heavy atom. The second kappa shape index (κ2) is 5.11. The third-order valence-corrected chi connectivity index (χ3v) is 4.15. The molecular weight excluding hydrogens is 242 g/mol. The van der Waals surface area contributed by atoms with Crippen LogP contribution < -0.4 is 4.87 Å². The molecule has 0 bridgehead atoms. The highest BCUT2D eigenvalue weighted by Gasteiger charge is 2.20. The first kappa shape index (κ1) is 13.1. The van der Waals surface area contributed by atoms with Gasteiger partial charge in [-0.15, -0.1) is 0 Å². The summed E-state index contributed by atoms with van der Waals surface area (Å²) in [6.45, 7) is 7.34. The monoisotopic (exact) mass is 261 g/mol. The molecule has 1 heterocycles. The number of nitrogens with zero attached hydrogens (tertiary/aromatic N) is 1. The Morgan fingerprint density at radius 1 is 1.22 bits per heavy atom. The number of aromatic nitrogens is 1. The summed E-state index contributed by atoms with van der Waals surface area (Å²) in [7, 11) is 0. The number of benzene rings is 1. The van der Waals surface area contributed by atoms with Gasteiger partial charge in [0.1, 0.15) is 0 Å². The van der Waals surface area contributed by atoms with Crippen molar-refractivity contribution in [2.24, 2.45) is 0 Å². The van der Waals surface area contributed by atoms with Crippen molar-refractivity contribution >= 4 is 11.3 Å². The van der Waals surface area contributed by atoms with Crippen molar-refractivity contribution in [2.75, 3.05) is 0 Å². The van der Waals surface area contributed by atoms with Crippen LogP contribution in [0.2, 0.25) is 0 Å². The zero-order valence-corrected chi connectivity index (χ0v) is 12.0. The molecule has 0 fully saturated rings. The third kappa shape index (κ3) is 2.91. The molecule has 96 valence electrons. The van der Waals surface area contributed by atoms with E-state index in [1.54, 1.807) is 4.57 Å². The molecule has 2 rings (SSSR count). The van der Waals surface area contributed by atoms with Gasteiger partial charge in [0, 0.05) is 18.1 Å². The van der Waals surface area contributed by atoms with Gasteiger partial charge in [-0.05, 0) is 24.3 Å². The highest BCUT2D eigenvalue weighted by molar-refractivity contribution is 7.07. The largest absolute Gasteiger partial charge is 0.307 e. The fraction of sp³-hybridized carbons (Fsp3) is 0.400. The van der Waals surface area contributed by atoms with Gasteiger partial charge in [0.25, 0.3) is 0 Å². The maximum absolute atomic E-state index is 11.5. The lowest BCUT2D eigenvalue weighted by Gasteiger charge is -2.25. The molecule has 0 unspecified atom stereocenters. The van der Waals surface area contributed by atoms with E-state index in [9.17, 15) is 4.79 Å². The predicted octanol–water partition coefficient (Wildman–Crippen LogP) is 3.59. The number of hydrogen-bond acceptors (Lipinski definition) is 2. The van der Waals surface area contributed by atoms with Crippen LogP contribution in [0.4, 0.5) is 0 Å². The molecule has 0 spiro atoms. The normalized spacial score (nSPS) is 11.7. The van der Waals surface area contributed by atoms with Gasteiger partial charge in [-0.1, -0.05) is 55.0 Å². The van der Waals surface area contributed by atoms with E-state index in [1.807, 2.05) is 11.6 Å². The molecule has 0 saturated carbocycles. The minimum Gasteiger partial charge on any atom is -0.306 e. The van der Waals surface area contributed by atoms with E-state index in [0.717, 1.165) is 13.0 Å². The fourth-order valence-electron chi connectivity index (χ4n) is 2.01. The van der Waals surface area contributed by atoms with E-state index < -0.39 is 0 Å². The van der Waals surface area contributed by atoms with Gasteiger partial charge < -0.3 is 4.57 Å². The maximum atomic E-state index is 11.5. The van der Waals surface area contributed by atoms with E-state index in [-0.39, 0.29) is 10.3 Å². The van der Waals surface area contributed by atoms with Crippen molar-refractivity contribution in [1.29, 1.82) is 0 Å². The molecule has 0 aliphatic heterocycles. The molecular formula is C15H19NOS. The quantitative estimate of drug-likeness (QED) is 0.824. The first-order chi connectivity index (χ1) is 8.49. The molecule has 18 heavy (non-hydrogen) atoms. The van der Waals surface area contributed by atoms with Crippen LogP contribution in [-0.2, 0) is 12.0 Å². The Morgan fingerprint density at radius 3 is 2.44 bits per heavy atom. The summed E-state index contributed by atoms with van der Waals surface area (Å²) >= 11 is 1.26. The van der Waals surface area contributed by atoms with Crippen molar-refractivity contribution in [3.63, 3.8) is 0 Å². The average Bonchev–Trinajstić information content (AvgIpc) is 2.73. The summed E-state index contributed by atoms with van der Waals surface area (Å²) in [5.41, 5.74) is 2.70. The lowest BCUT2D eigenvalue weighted by molar-refractivity contribution is 0.435. The Bertz CT molecular complexity index is 563. The van der Waals surface area contributed by atoms with Crippen LogP contribution in [0.3, 0.4) is 0 Å². The zero-order valence-electron chi connectivity index (χ0n) is 11.1. The van der Waals surface area contributed by atoms with E-state index in [2.05, 4.69) is 45.0 Å². The van der Waals surface area contributed by atoms with Crippen LogP contribution in [0.1, 0.15) is 31.4 Å². The van der Waals surface area contributed by atoms with Crippen molar-refractivity contribution < 1.29 is 0 Å². The highest BCUT2D eigenvalue weighted by atomic mass is 32.1. The second-order valence-electron chi connectivity index (χ2n) is 5.36. The fourth-order valence-corrected chi connectivity index (χ4v) is 2.62. The Balaban J connectivity index is 2.10. The highest BCUT2D eigenvalue weighted by Crippen LogP contribution is 2.27. The smallest absolute Gasteiger partial charge is 0.306 e. The van der Waals surface area contributed by atoms with E-state index in [1.165, 1.54) is 22.5 Å². The number of hydrogen-bond donors (Lipinski definition) is 0. The minimum absolute atomic E-state index is 0.0923. The van der Waals surface area contributed by atoms with Crippen LogP contribution in [0.15, 0.2) is 40.6 Å². The topological polar surface area (TPSA) is 22.0 Å². The second-order valence-corrected chi connectivity index (χ2v) is 6.22. The molecule has 0 aliphatic rings. The molecule has 0 aliphatic carbocycles. The first-order valence-electron chi connectivity index (χ1n) is 6.20. The number of thiazole rings is 1. The van der Waals surface area contributed by atoms with Crippen molar-refractivity contribution in [1.82, 2.24) is 4.57 Å². The minimum atomic E-state index is 0.0923. The first-order valence-corrected chi connectivity index (χ1v) is 7.08. The summed E-state index contributed by atoms with van der Waals surface area (Å²) in [6.07, 6.45) is 2.84. The summed E-state index contributed by atoms with van der Waals surface area (Å²) < 4.78 is 1.79.